The topological polar surface area (TPSA) is 29.9 Å². The van der Waals surface area contributed by atoms with Crippen molar-refractivity contribution in [3.63, 3.8) is 0 Å². The first-order valence-corrected chi connectivity index (χ1v) is 5.49. The van der Waals surface area contributed by atoms with E-state index in [1.165, 1.54) is 6.42 Å². The fourth-order valence-electron chi connectivity index (χ4n) is 1.60. The van der Waals surface area contributed by atoms with E-state index < -0.39 is 0 Å². The summed E-state index contributed by atoms with van der Waals surface area (Å²) in [6.45, 7) is 6.45. The van der Waals surface area contributed by atoms with Crippen LogP contribution in [0.4, 0.5) is 5.95 Å². The van der Waals surface area contributed by atoms with Gasteiger partial charge < -0.3 is 9.88 Å². The zero-order valence-corrected chi connectivity index (χ0v) is 9.56. The zero-order valence-electron chi connectivity index (χ0n) is 7.97. The van der Waals surface area contributed by atoms with Crippen molar-refractivity contribution in [2.45, 2.75) is 32.7 Å². The van der Waals surface area contributed by atoms with Gasteiger partial charge in [0, 0.05) is 13.1 Å². The van der Waals surface area contributed by atoms with Crippen molar-refractivity contribution in [2.24, 2.45) is 0 Å². The molecule has 0 radical (unpaired) electrons. The van der Waals surface area contributed by atoms with Crippen LogP contribution in [0.15, 0.2) is 4.60 Å². The minimum atomic E-state index is 0.481. The highest BCUT2D eigenvalue weighted by Crippen LogP contribution is 2.29. The number of anilines is 1. The van der Waals surface area contributed by atoms with E-state index in [1.807, 2.05) is 0 Å². The van der Waals surface area contributed by atoms with Crippen LogP contribution in [0.2, 0.25) is 0 Å². The number of imidazole rings is 1. The monoisotopic (exact) mass is 243 g/mol. The molecule has 3 nitrogen and oxygen atoms in total. The molecule has 2 rings (SSSR count). The Kier molecular flexibility index (Phi) is 2.32. The highest BCUT2D eigenvalue weighted by atomic mass is 79.9. The van der Waals surface area contributed by atoms with Crippen molar-refractivity contribution in [3.05, 3.63) is 10.3 Å². The van der Waals surface area contributed by atoms with Crippen molar-refractivity contribution < 1.29 is 0 Å². The Morgan fingerprint density at radius 1 is 1.54 bits per heavy atom. The second-order valence-electron chi connectivity index (χ2n) is 3.70. The average Bonchev–Trinajstić information content (AvgIpc) is 2.45. The maximum absolute atomic E-state index is 4.55. The van der Waals surface area contributed by atoms with Gasteiger partial charge in [-0.2, -0.15) is 0 Å². The highest BCUT2D eigenvalue weighted by Gasteiger charge is 2.18. The molecular formula is C9H14BrN3. The summed E-state index contributed by atoms with van der Waals surface area (Å²) in [5.74, 6) is 1.50. The number of nitrogens with zero attached hydrogens (tertiary/aromatic N) is 2. The molecule has 4 heteroatoms. The van der Waals surface area contributed by atoms with E-state index in [-0.39, 0.29) is 0 Å². The van der Waals surface area contributed by atoms with Gasteiger partial charge in [0.25, 0.3) is 0 Å². The number of hydrogen-bond donors (Lipinski definition) is 1. The maximum Gasteiger partial charge on any atom is 0.203 e. The SMILES string of the molecule is CC(C)c1nc2n(c1Br)CCCN2. The second-order valence-corrected chi connectivity index (χ2v) is 4.45. The molecule has 0 atom stereocenters. The smallest absolute Gasteiger partial charge is 0.203 e. The van der Waals surface area contributed by atoms with Gasteiger partial charge in [-0.1, -0.05) is 13.8 Å². The molecule has 72 valence electrons. The fourth-order valence-corrected chi connectivity index (χ4v) is 2.49. The summed E-state index contributed by atoms with van der Waals surface area (Å²) >= 11 is 3.60. The largest absolute Gasteiger partial charge is 0.356 e. The van der Waals surface area contributed by atoms with Gasteiger partial charge >= 0.3 is 0 Å². The molecule has 0 amide bonds. The fraction of sp³-hybridized carbons (Fsp3) is 0.667. The van der Waals surface area contributed by atoms with Crippen LogP contribution in [-0.2, 0) is 6.54 Å². The lowest BCUT2D eigenvalue weighted by Crippen LogP contribution is -2.17. The highest BCUT2D eigenvalue weighted by molar-refractivity contribution is 9.10. The molecule has 13 heavy (non-hydrogen) atoms. The number of halogens is 1. The molecule has 0 aromatic carbocycles. The van der Waals surface area contributed by atoms with E-state index in [4.69, 9.17) is 0 Å². The molecule has 0 saturated heterocycles. The Morgan fingerprint density at radius 3 is 2.92 bits per heavy atom. The second kappa shape index (κ2) is 3.33. The van der Waals surface area contributed by atoms with Crippen molar-refractivity contribution >= 4 is 21.9 Å². The predicted octanol–water partition coefficient (Wildman–Crippen LogP) is 2.58. The minimum Gasteiger partial charge on any atom is -0.356 e. The molecule has 0 unspecified atom stereocenters. The lowest BCUT2D eigenvalue weighted by Gasteiger charge is -2.15. The van der Waals surface area contributed by atoms with Crippen molar-refractivity contribution in [1.29, 1.82) is 0 Å². The summed E-state index contributed by atoms with van der Waals surface area (Å²) in [5.41, 5.74) is 1.16. The first kappa shape index (κ1) is 9.06. The summed E-state index contributed by atoms with van der Waals surface area (Å²) < 4.78 is 3.35. The van der Waals surface area contributed by atoms with Crippen LogP contribution in [0.5, 0.6) is 0 Å². The third kappa shape index (κ3) is 1.47. The summed E-state index contributed by atoms with van der Waals surface area (Å²) in [4.78, 5) is 4.55. The third-order valence-corrected chi connectivity index (χ3v) is 3.15. The quantitative estimate of drug-likeness (QED) is 0.822. The van der Waals surface area contributed by atoms with E-state index in [2.05, 4.69) is 44.6 Å². The van der Waals surface area contributed by atoms with Gasteiger partial charge in [0.05, 0.1) is 5.69 Å². The molecule has 0 bridgehead atoms. The van der Waals surface area contributed by atoms with Gasteiger partial charge in [0.2, 0.25) is 5.95 Å². The molecule has 0 aliphatic carbocycles. The van der Waals surface area contributed by atoms with E-state index in [1.54, 1.807) is 0 Å². The Labute approximate surface area is 86.7 Å². The number of hydrogen-bond acceptors (Lipinski definition) is 2. The van der Waals surface area contributed by atoms with Crippen molar-refractivity contribution in [1.82, 2.24) is 9.55 Å². The number of fused-ring (bicyclic) bond motifs is 1. The van der Waals surface area contributed by atoms with Gasteiger partial charge in [0.15, 0.2) is 0 Å². The normalized spacial score (nSPS) is 15.7. The molecule has 2 heterocycles. The summed E-state index contributed by atoms with van der Waals surface area (Å²) in [5, 5.41) is 3.30. The lowest BCUT2D eigenvalue weighted by atomic mass is 10.2. The number of nitrogens with one attached hydrogen (secondary N) is 1. The predicted molar refractivity (Wildman–Crippen MR) is 57.1 cm³/mol. The summed E-state index contributed by atoms with van der Waals surface area (Å²) in [6.07, 6.45) is 1.18. The molecule has 1 aliphatic rings. The number of rotatable bonds is 1. The standard InChI is InChI=1S/C9H14BrN3/c1-6(2)7-8(10)13-5-3-4-11-9(13)12-7/h6H,3-5H2,1-2H3,(H,11,12). The van der Waals surface area contributed by atoms with E-state index in [0.717, 1.165) is 29.3 Å². The number of aromatic nitrogens is 2. The van der Waals surface area contributed by atoms with E-state index in [9.17, 15) is 0 Å². The van der Waals surface area contributed by atoms with Crippen LogP contribution < -0.4 is 5.32 Å². The zero-order chi connectivity index (χ0) is 9.42. The van der Waals surface area contributed by atoms with Crippen molar-refractivity contribution in [2.75, 3.05) is 11.9 Å². The van der Waals surface area contributed by atoms with Gasteiger partial charge in [-0.05, 0) is 28.3 Å². The minimum absolute atomic E-state index is 0.481. The summed E-state index contributed by atoms with van der Waals surface area (Å²) in [6, 6.07) is 0. The van der Waals surface area contributed by atoms with Gasteiger partial charge in [0.1, 0.15) is 4.60 Å². The Bertz CT molecular complexity index is 317. The van der Waals surface area contributed by atoms with Gasteiger partial charge in [-0.15, -0.1) is 0 Å². The third-order valence-electron chi connectivity index (χ3n) is 2.32. The molecule has 1 aliphatic heterocycles. The lowest BCUT2D eigenvalue weighted by molar-refractivity contribution is 0.617. The Balaban J connectivity index is 2.44. The first-order valence-electron chi connectivity index (χ1n) is 4.70. The molecule has 1 aromatic rings. The van der Waals surface area contributed by atoms with E-state index >= 15 is 0 Å². The van der Waals surface area contributed by atoms with E-state index in [0.29, 0.717) is 5.92 Å². The Hall–Kier alpha value is -0.510. The molecular weight excluding hydrogens is 230 g/mol. The van der Waals surface area contributed by atoms with Gasteiger partial charge in [-0.25, -0.2) is 4.98 Å². The molecule has 0 spiro atoms. The summed E-state index contributed by atoms with van der Waals surface area (Å²) in [7, 11) is 0. The molecule has 1 N–H and O–H groups in total. The van der Waals surface area contributed by atoms with Crippen LogP contribution in [0.1, 0.15) is 31.9 Å². The van der Waals surface area contributed by atoms with Crippen LogP contribution in [0.25, 0.3) is 0 Å². The van der Waals surface area contributed by atoms with Crippen LogP contribution in [0, 0.1) is 0 Å². The van der Waals surface area contributed by atoms with Crippen LogP contribution >= 0.6 is 15.9 Å². The van der Waals surface area contributed by atoms with Crippen LogP contribution in [-0.4, -0.2) is 16.1 Å². The maximum atomic E-state index is 4.55. The average molecular weight is 244 g/mol. The molecule has 1 aromatic heterocycles. The van der Waals surface area contributed by atoms with Gasteiger partial charge in [-0.3, -0.25) is 0 Å². The molecule has 0 saturated carbocycles. The first-order chi connectivity index (χ1) is 6.20. The van der Waals surface area contributed by atoms with Crippen molar-refractivity contribution in [3.8, 4) is 0 Å². The molecule has 0 fully saturated rings. The van der Waals surface area contributed by atoms with Crippen LogP contribution in [0.3, 0.4) is 0 Å². The Morgan fingerprint density at radius 2 is 2.31 bits per heavy atom.